The van der Waals surface area contributed by atoms with Gasteiger partial charge in [-0.15, -0.1) is 24.8 Å². The number of hydrogen-bond acceptors (Lipinski definition) is 3. The van der Waals surface area contributed by atoms with Gasteiger partial charge >= 0.3 is 0 Å². The van der Waals surface area contributed by atoms with Crippen LogP contribution in [0.2, 0.25) is 0 Å². The third-order valence-corrected chi connectivity index (χ3v) is 4.64. The molecule has 0 radical (unpaired) electrons. The first kappa shape index (κ1) is 21.2. The molecule has 0 saturated heterocycles. The van der Waals surface area contributed by atoms with Crippen LogP contribution in [0.5, 0.6) is 0 Å². The van der Waals surface area contributed by atoms with Gasteiger partial charge in [-0.05, 0) is 67.9 Å². The van der Waals surface area contributed by atoms with Crippen molar-refractivity contribution in [2.45, 2.75) is 6.42 Å². The Morgan fingerprint density at radius 2 is 1.71 bits per heavy atom. The van der Waals surface area contributed by atoms with Crippen LogP contribution in [0, 0.1) is 3.57 Å². The van der Waals surface area contributed by atoms with E-state index in [0.717, 1.165) is 30.5 Å². The molecule has 1 heterocycles. The van der Waals surface area contributed by atoms with E-state index in [-0.39, 0.29) is 24.8 Å². The molecule has 3 aromatic rings. The fourth-order valence-corrected chi connectivity index (χ4v) is 3.45. The summed E-state index contributed by atoms with van der Waals surface area (Å²) < 4.78 is 1.24. The van der Waals surface area contributed by atoms with E-state index in [1.165, 1.54) is 20.0 Å². The molecule has 130 valence electrons. The predicted octanol–water partition coefficient (Wildman–Crippen LogP) is 5.20. The number of aromatic nitrogens is 1. The van der Waals surface area contributed by atoms with Crippen molar-refractivity contribution in [3.05, 3.63) is 46.0 Å². The molecule has 0 aliphatic heterocycles. The topological polar surface area (TPSA) is 28.2 Å². The molecule has 0 bridgehead atoms. The summed E-state index contributed by atoms with van der Waals surface area (Å²) in [5.74, 6) is 0. The largest absolute Gasteiger partial charge is 0.384 e. The van der Waals surface area contributed by atoms with Crippen LogP contribution in [0.1, 0.15) is 6.42 Å². The summed E-state index contributed by atoms with van der Waals surface area (Å²) in [5.41, 5.74) is 3.32. The molecule has 0 aliphatic rings. The van der Waals surface area contributed by atoms with Gasteiger partial charge in [0.05, 0.1) is 16.7 Å². The zero-order valence-electron chi connectivity index (χ0n) is 13.8. The van der Waals surface area contributed by atoms with Crippen LogP contribution in [0.4, 0.5) is 5.69 Å². The first-order valence-electron chi connectivity index (χ1n) is 7.52. The third-order valence-electron chi connectivity index (χ3n) is 3.74. The van der Waals surface area contributed by atoms with E-state index in [9.17, 15) is 0 Å². The van der Waals surface area contributed by atoms with Gasteiger partial charge < -0.3 is 10.2 Å². The highest BCUT2D eigenvalue weighted by Crippen LogP contribution is 2.33. The molecule has 0 saturated carbocycles. The van der Waals surface area contributed by atoms with E-state index >= 15 is 0 Å². The van der Waals surface area contributed by atoms with Gasteiger partial charge in [-0.1, -0.05) is 24.3 Å². The summed E-state index contributed by atoms with van der Waals surface area (Å²) in [7, 11) is 4.22. The lowest BCUT2D eigenvalue weighted by Crippen LogP contribution is -2.16. The number of benzene rings is 2. The lowest BCUT2D eigenvalue weighted by atomic mass is 10.1. The smallest absolute Gasteiger partial charge is 0.0741 e. The molecule has 1 aromatic heterocycles. The lowest BCUT2D eigenvalue weighted by Gasteiger charge is -2.15. The first-order chi connectivity index (χ1) is 10.7. The van der Waals surface area contributed by atoms with Crippen molar-refractivity contribution in [3.8, 4) is 0 Å². The molecule has 24 heavy (non-hydrogen) atoms. The minimum absolute atomic E-state index is 0. The zero-order chi connectivity index (χ0) is 15.5. The van der Waals surface area contributed by atoms with Crippen LogP contribution in [0.25, 0.3) is 21.8 Å². The second-order valence-corrected chi connectivity index (χ2v) is 6.88. The minimum Gasteiger partial charge on any atom is -0.384 e. The molecule has 2 aromatic carbocycles. The first-order valence-corrected chi connectivity index (χ1v) is 8.60. The van der Waals surface area contributed by atoms with Crippen LogP contribution in [0.15, 0.2) is 42.5 Å². The van der Waals surface area contributed by atoms with Gasteiger partial charge in [-0.3, -0.25) is 0 Å². The van der Waals surface area contributed by atoms with Crippen LogP contribution in [-0.4, -0.2) is 37.1 Å². The number of pyridine rings is 1. The molecule has 1 N–H and O–H groups in total. The summed E-state index contributed by atoms with van der Waals surface area (Å²) in [6.45, 7) is 2.05. The van der Waals surface area contributed by atoms with E-state index in [0.29, 0.717) is 0 Å². The fraction of sp³-hybridized carbons (Fsp3) is 0.278. The van der Waals surface area contributed by atoms with Gasteiger partial charge in [0.1, 0.15) is 0 Å². The maximum atomic E-state index is 4.80. The third kappa shape index (κ3) is 4.63. The SMILES string of the molecule is CN(C)CCCNc1c2ccccc2nc2cccc(I)c12.Cl.Cl. The molecular weight excluding hydrogens is 456 g/mol. The Balaban J connectivity index is 0.00000144. The maximum Gasteiger partial charge on any atom is 0.0741 e. The summed E-state index contributed by atoms with van der Waals surface area (Å²) in [6, 6.07) is 14.7. The van der Waals surface area contributed by atoms with Crippen LogP contribution >= 0.6 is 47.4 Å². The van der Waals surface area contributed by atoms with Crippen molar-refractivity contribution in [1.82, 2.24) is 9.88 Å². The molecule has 0 amide bonds. The quantitative estimate of drug-likeness (QED) is 0.311. The second kappa shape index (κ2) is 9.61. The second-order valence-electron chi connectivity index (χ2n) is 5.72. The Hall–Kier alpha value is -0.820. The lowest BCUT2D eigenvalue weighted by molar-refractivity contribution is 0.405. The molecule has 3 nitrogen and oxygen atoms in total. The summed E-state index contributed by atoms with van der Waals surface area (Å²) in [5, 5.41) is 6.08. The van der Waals surface area contributed by atoms with E-state index in [4.69, 9.17) is 4.98 Å². The van der Waals surface area contributed by atoms with Gasteiger partial charge in [0.2, 0.25) is 0 Å². The molecule has 3 rings (SSSR count). The number of halogens is 3. The zero-order valence-corrected chi connectivity index (χ0v) is 17.5. The van der Waals surface area contributed by atoms with Crippen molar-refractivity contribution < 1.29 is 0 Å². The van der Waals surface area contributed by atoms with Crippen LogP contribution < -0.4 is 5.32 Å². The average Bonchev–Trinajstić information content (AvgIpc) is 2.50. The molecule has 0 atom stereocenters. The number of nitrogens with zero attached hydrogens (tertiary/aromatic N) is 2. The summed E-state index contributed by atoms with van der Waals surface area (Å²) >= 11 is 2.40. The Morgan fingerprint density at radius 3 is 2.46 bits per heavy atom. The Labute approximate surface area is 169 Å². The average molecular weight is 478 g/mol. The van der Waals surface area contributed by atoms with E-state index < -0.39 is 0 Å². The van der Waals surface area contributed by atoms with E-state index in [1.807, 2.05) is 6.07 Å². The maximum absolute atomic E-state index is 4.80. The highest BCUT2D eigenvalue weighted by Gasteiger charge is 2.10. The van der Waals surface area contributed by atoms with Crippen molar-refractivity contribution >= 4 is 74.9 Å². The number of hydrogen-bond donors (Lipinski definition) is 1. The van der Waals surface area contributed by atoms with E-state index in [2.05, 4.69) is 83.3 Å². The number of nitrogens with one attached hydrogen (secondary N) is 1. The molecule has 0 unspecified atom stereocenters. The van der Waals surface area contributed by atoms with Gasteiger partial charge in [0.25, 0.3) is 0 Å². The Bertz CT molecular complexity index is 809. The van der Waals surface area contributed by atoms with E-state index in [1.54, 1.807) is 0 Å². The number of rotatable bonds is 5. The molecule has 0 spiro atoms. The number of anilines is 1. The number of para-hydroxylation sites is 1. The van der Waals surface area contributed by atoms with Crippen LogP contribution in [0.3, 0.4) is 0 Å². The Kier molecular flexibility index (Phi) is 8.50. The summed E-state index contributed by atoms with van der Waals surface area (Å²) in [4.78, 5) is 7.02. The monoisotopic (exact) mass is 477 g/mol. The van der Waals surface area contributed by atoms with Crippen molar-refractivity contribution in [2.24, 2.45) is 0 Å². The molecule has 6 heteroatoms. The highest BCUT2D eigenvalue weighted by molar-refractivity contribution is 14.1. The van der Waals surface area contributed by atoms with Crippen LogP contribution in [-0.2, 0) is 0 Å². The Morgan fingerprint density at radius 1 is 1.00 bits per heavy atom. The van der Waals surface area contributed by atoms with Crippen molar-refractivity contribution in [3.63, 3.8) is 0 Å². The normalized spacial score (nSPS) is 10.5. The predicted molar refractivity (Wildman–Crippen MR) is 118 cm³/mol. The standard InChI is InChI=1S/C18H20IN3.2ClH/c1-22(2)12-6-11-20-18-13-7-3-4-9-15(13)21-16-10-5-8-14(19)17(16)18;;/h3-5,7-10H,6,11-12H2,1-2H3,(H,20,21);2*1H. The van der Waals surface area contributed by atoms with Gasteiger partial charge in [0, 0.05) is 20.9 Å². The minimum atomic E-state index is 0. The van der Waals surface area contributed by atoms with Gasteiger partial charge in [-0.2, -0.15) is 0 Å². The van der Waals surface area contributed by atoms with Crippen molar-refractivity contribution in [2.75, 3.05) is 32.5 Å². The number of fused-ring (bicyclic) bond motifs is 2. The summed E-state index contributed by atoms with van der Waals surface area (Å²) in [6.07, 6.45) is 1.12. The molecule has 0 aliphatic carbocycles. The highest BCUT2D eigenvalue weighted by atomic mass is 127. The van der Waals surface area contributed by atoms with Crippen molar-refractivity contribution in [1.29, 1.82) is 0 Å². The fourth-order valence-electron chi connectivity index (χ4n) is 2.69. The van der Waals surface area contributed by atoms with Gasteiger partial charge in [0.15, 0.2) is 0 Å². The molecule has 0 fully saturated rings. The van der Waals surface area contributed by atoms with Gasteiger partial charge in [-0.25, -0.2) is 4.98 Å². The molecular formula is C18H22Cl2IN3.